The summed E-state index contributed by atoms with van der Waals surface area (Å²) in [6.45, 7) is 4.48. The topological polar surface area (TPSA) is 18.5 Å². The zero-order chi connectivity index (χ0) is 21.8. The molecule has 160 valence electrons. The van der Waals surface area contributed by atoms with Gasteiger partial charge in [0.05, 0.1) is 0 Å². The summed E-state index contributed by atoms with van der Waals surface area (Å²) >= 11 is 0. The second-order valence-corrected chi connectivity index (χ2v) is 11.2. The number of aryl methyl sites for hydroxylation is 2. The van der Waals surface area contributed by atoms with Crippen LogP contribution in [-0.4, -0.2) is 22.8 Å². The predicted octanol–water partition coefficient (Wildman–Crippen LogP) is 5.65. The molecule has 31 heavy (non-hydrogen) atoms. The van der Waals surface area contributed by atoms with E-state index in [4.69, 9.17) is 8.85 Å². The van der Waals surface area contributed by atoms with E-state index in [1.165, 1.54) is 43.8 Å². The minimum Gasteiger partial charge on any atom is -0.391 e. The van der Waals surface area contributed by atoms with Crippen LogP contribution in [0, 0.1) is 0 Å². The SMILES string of the molecule is CCCc1cc2cccccc-2c1[Si](OC)(OC)c1c(CCC)cc2cccccc1-2. The molecule has 0 spiro atoms. The third-order valence-corrected chi connectivity index (χ3v) is 9.90. The van der Waals surface area contributed by atoms with Gasteiger partial charge in [-0.15, -0.1) is 0 Å². The Hall–Kier alpha value is -2.46. The Bertz CT molecular complexity index is 1020. The first-order valence-corrected chi connectivity index (χ1v) is 13.1. The monoisotopic (exact) mass is 428 g/mol. The van der Waals surface area contributed by atoms with E-state index in [9.17, 15) is 0 Å². The number of hydrogen-bond donors (Lipinski definition) is 0. The van der Waals surface area contributed by atoms with Gasteiger partial charge in [-0.3, -0.25) is 0 Å². The molecule has 0 atom stereocenters. The van der Waals surface area contributed by atoms with Gasteiger partial charge in [0.25, 0.3) is 0 Å². The normalized spacial score (nSPS) is 12.0. The molecule has 0 amide bonds. The van der Waals surface area contributed by atoms with E-state index in [1.807, 2.05) is 14.2 Å². The van der Waals surface area contributed by atoms with E-state index in [1.54, 1.807) is 0 Å². The van der Waals surface area contributed by atoms with Crippen molar-refractivity contribution >= 4 is 18.9 Å². The molecule has 0 radical (unpaired) electrons. The molecule has 4 rings (SSSR count). The van der Waals surface area contributed by atoms with Crippen molar-refractivity contribution in [1.29, 1.82) is 0 Å². The molecule has 0 aliphatic heterocycles. The van der Waals surface area contributed by atoms with Gasteiger partial charge in [0.2, 0.25) is 0 Å². The molecular weight excluding hydrogens is 396 g/mol. The third kappa shape index (κ3) is 3.71. The van der Waals surface area contributed by atoms with E-state index >= 15 is 0 Å². The average Bonchev–Trinajstić information content (AvgIpc) is 3.07. The van der Waals surface area contributed by atoms with Crippen molar-refractivity contribution in [3.05, 3.63) is 83.9 Å². The molecule has 0 saturated heterocycles. The predicted molar refractivity (Wildman–Crippen MR) is 133 cm³/mol. The van der Waals surface area contributed by atoms with Gasteiger partial charge in [-0.1, -0.05) is 99.5 Å². The quantitative estimate of drug-likeness (QED) is 0.338. The Balaban J connectivity index is 2.09. The zero-order valence-corrected chi connectivity index (χ0v) is 20.1. The second-order valence-electron chi connectivity index (χ2n) is 8.17. The fourth-order valence-corrected chi connectivity index (χ4v) is 8.66. The smallest absolute Gasteiger partial charge is 0.391 e. The van der Waals surface area contributed by atoms with E-state index in [0.717, 1.165) is 25.7 Å². The first-order valence-electron chi connectivity index (χ1n) is 11.3. The van der Waals surface area contributed by atoms with Crippen LogP contribution in [0.1, 0.15) is 37.8 Å². The van der Waals surface area contributed by atoms with Crippen molar-refractivity contribution in [2.45, 2.75) is 39.5 Å². The highest BCUT2D eigenvalue weighted by atomic mass is 28.4. The number of hydrogen-bond acceptors (Lipinski definition) is 2. The van der Waals surface area contributed by atoms with Crippen LogP contribution in [0.2, 0.25) is 0 Å². The molecule has 0 bridgehead atoms. The molecule has 3 heteroatoms. The molecule has 0 aromatic heterocycles. The molecule has 0 fully saturated rings. The van der Waals surface area contributed by atoms with Gasteiger partial charge in [-0.2, -0.15) is 0 Å². The maximum absolute atomic E-state index is 6.54. The van der Waals surface area contributed by atoms with Crippen LogP contribution < -0.4 is 10.4 Å². The van der Waals surface area contributed by atoms with Gasteiger partial charge in [0.15, 0.2) is 0 Å². The lowest BCUT2D eigenvalue weighted by atomic mass is 10.2. The summed E-state index contributed by atoms with van der Waals surface area (Å²) in [5.74, 6) is 0. The summed E-state index contributed by atoms with van der Waals surface area (Å²) in [7, 11) is 0.720. The van der Waals surface area contributed by atoms with E-state index in [0.29, 0.717) is 0 Å². The van der Waals surface area contributed by atoms with Crippen LogP contribution in [0.5, 0.6) is 0 Å². The first-order chi connectivity index (χ1) is 15.2. The fourth-order valence-electron chi connectivity index (χ4n) is 5.02. The van der Waals surface area contributed by atoms with Gasteiger partial charge in [-0.05, 0) is 46.2 Å². The van der Waals surface area contributed by atoms with Gasteiger partial charge in [-0.25, -0.2) is 0 Å². The molecule has 2 nitrogen and oxygen atoms in total. The minimum atomic E-state index is -2.96. The average molecular weight is 429 g/mol. The standard InChI is InChI=1S/C28H32O2Si/c1-5-13-23-19-21-15-9-7-11-17-25(21)27(23)31(29-3,30-4)28-24(14-6-2)20-22-16-10-8-12-18-26(22)28/h7-12,15-20H,5-6,13-14H2,1-4H3. The first kappa shape index (κ1) is 21.8. The Kier molecular flexibility index (Phi) is 6.56. The van der Waals surface area contributed by atoms with Gasteiger partial charge < -0.3 is 8.85 Å². The van der Waals surface area contributed by atoms with Gasteiger partial charge in [0.1, 0.15) is 0 Å². The Morgan fingerprint density at radius 3 is 1.42 bits per heavy atom. The van der Waals surface area contributed by atoms with Crippen LogP contribution in [0.3, 0.4) is 0 Å². The summed E-state index contributed by atoms with van der Waals surface area (Å²) in [4.78, 5) is 0. The molecule has 0 N–H and O–H groups in total. The Morgan fingerprint density at radius 1 is 0.613 bits per heavy atom. The van der Waals surface area contributed by atoms with Gasteiger partial charge in [0, 0.05) is 24.6 Å². The van der Waals surface area contributed by atoms with Crippen molar-refractivity contribution in [3.8, 4) is 22.3 Å². The Morgan fingerprint density at radius 2 is 1.03 bits per heavy atom. The highest BCUT2D eigenvalue weighted by Crippen LogP contribution is 2.33. The largest absolute Gasteiger partial charge is 0.408 e. The van der Waals surface area contributed by atoms with Crippen LogP contribution in [0.25, 0.3) is 22.3 Å². The van der Waals surface area contributed by atoms with Crippen LogP contribution in [0.15, 0.2) is 72.8 Å². The van der Waals surface area contributed by atoms with Crippen molar-refractivity contribution in [3.63, 3.8) is 0 Å². The number of rotatable bonds is 8. The lowest BCUT2D eigenvalue weighted by Gasteiger charge is -2.31. The van der Waals surface area contributed by atoms with Crippen molar-refractivity contribution < 1.29 is 8.85 Å². The van der Waals surface area contributed by atoms with Gasteiger partial charge >= 0.3 is 8.56 Å². The summed E-state index contributed by atoms with van der Waals surface area (Å²) < 4.78 is 13.1. The maximum atomic E-state index is 6.54. The lowest BCUT2D eigenvalue weighted by Crippen LogP contribution is -2.64. The summed E-state index contributed by atoms with van der Waals surface area (Å²) in [6, 6.07) is 26.2. The van der Waals surface area contributed by atoms with E-state index < -0.39 is 8.56 Å². The summed E-state index contributed by atoms with van der Waals surface area (Å²) in [5.41, 5.74) is 7.73. The molecule has 4 aliphatic rings. The zero-order valence-electron chi connectivity index (χ0n) is 19.1. The van der Waals surface area contributed by atoms with Crippen molar-refractivity contribution in [2.75, 3.05) is 14.2 Å². The van der Waals surface area contributed by atoms with Crippen LogP contribution >= 0.6 is 0 Å². The third-order valence-electron chi connectivity index (χ3n) is 6.26. The van der Waals surface area contributed by atoms with Crippen molar-refractivity contribution in [1.82, 2.24) is 0 Å². The van der Waals surface area contributed by atoms with Crippen molar-refractivity contribution in [2.24, 2.45) is 0 Å². The molecule has 0 aromatic carbocycles. The second kappa shape index (κ2) is 9.35. The molecular formula is C28H32O2Si. The van der Waals surface area contributed by atoms with Crippen LogP contribution in [0.4, 0.5) is 0 Å². The highest BCUT2D eigenvalue weighted by Gasteiger charge is 2.48. The summed E-state index contributed by atoms with van der Waals surface area (Å²) in [6.07, 6.45) is 4.22. The molecule has 0 saturated carbocycles. The summed E-state index contributed by atoms with van der Waals surface area (Å²) in [5, 5.41) is 2.56. The number of fused-ring (bicyclic) bond motifs is 2. The Labute approximate surface area is 187 Å². The molecule has 0 unspecified atom stereocenters. The molecule has 0 aromatic rings. The molecule has 0 heterocycles. The van der Waals surface area contributed by atoms with E-state index in [-0.39, 0.29) is 0 Å². The highest BCUT2D eigenvalue weighted by molar-refractivity contribution is 6.95. The van der Waals surface area contributed by atoms with E-state index in [2.05, 4.69) is 86.6 Å². The maximum Gasteiger partial charge on any atom is 0.408 e. The molecule has 4 aliphatic carbocycles. The minimum absolute atomic E-state index is 1.02. The van der Waals surface area contributed by atoms with Crippen LogP contribution in [-0.2, 0) is 21.7 Å². The lowest BCUT2D eigenvalue weighted by molar-refractivity contribution is 0.272. The fraction of sp³-hybridized carbons (Fsp3) is 0.286.